The summed E-state index contributed by atoms with van der Waals surface area (Å²) in [5, 5.41) is 0. The maximum atomic E-state index is 12.7. The molecule has 2 aromatic rings. The lowest BCUT2D eigenvalue weighted by molar-refractivity contribution is 0.0968. The second kappa shape index (κ2) is 4.86. The number of hydrogen-bond donors (Lipinski definition) is 0. The summed E-state index contributed by atoms with van der Waals surface area (Å²) >= 11 is 1.79. The van der Waals surface area contributed by atoms with E-state index in [0.717, 1.165) is 16.9 Å². The topological polar surface area (TPSA) is 17.1 Å². The van der Waals surface area contributed by atoms with Crippen LogP contribution in [0.1, 0.15) is 33.0 Å². The Balaban J connectivity index is 1.98. The van der Waals surface area contributed by atoms with Crippen LogP contribution in [0.3, 0.4) is 0 Å². The van der Waals surface area contributed by atoms with Crippen molar-refractivity contribution in [2.24, 2.45) is 0 Å². The van der Waals surface area contributed by atoms with Crippen LogP contribution in [0.15, 0.2) is 47.4 Å². The fourth-order valence-electron chi connectivity index (χ4n) is 2.66. The summed E-state index contributed by atoms with van der Waals surface area (Å²) in [5.41, 5.74) is 4.35. The minimum atomic E-state index is 0.0163. The lowest BCUT2D eigenvalue weighted by Gasteiger charge is -2.12. The molecule has 0 fully saturated rings. The Kier molecular flexibility index (Phi) is 3.19. The van der Waals surface area contributed by atoms with E-state index < -0.39 is 0 Å². The van der Waals surface area contributed by atoms with Crippen molar-refractivity contribution in [3.05, 3.63) is 64.7 Å². The number of ketones is 1. The molecule has 0 spiro atoms. The van der Waals surface area contributed by atoms with E-state index in [0.29, 0.717) is 0 Å². The van der Waals surface area contributed by atoms with Crippen LogP contribution in [0, 0.1) is 13.8 Å². The molecule has 19 heavy (non-hydrogen) atoms. The van der Waals surface area contributed by atoms with Crippen LogP contribution >= 0.6 is 11.8 Å². The molecule has 0 saturated carbocycles. The van der Waals surface area contributed by atoms with E-state index in [2.05, 4.69) is 25.1 Å². The average Bonchev–Trinajstić information content (AvgIpc) is 2.82. The molecule has 1 aliphatic rings. The number of fused-ring (bicyclic) bond motifs is 1. The number of Topliss-reactive ketones (excluding diaryl/α,β-unsaturated/α-hetero) is 1. The van der Waals surface area contributed by atoms with Gasteiger partial charge in [-0.3, -0.25) is 4.79 Å². The molecule has 0 bridgehead atoms. The standard InChI is InChI=1S/C17H16OS/c1-11-7-8-13(12(2)9-11)17(18)15-10-19-16-6-4-3-5-14(15)16/h3-9,15H,10H2,1-2H3. The van der Waals surface area contributed by atoms with Gasteiger partial charge in [0.05, 0.1) is 5.92 Å². The molecule has 0 aliphatic carbocycles. The van der Waals surface area contributed by atoms with Crippen molar-refractivity contribution in [2.45, 2.75) is 24.7 Å². The van der Waals surface area contributed by atoms with Crippen molar-refractivity contribution in [1.29, 1.82) is 0 Å². The third-order valence-corrected chi connectivity index (χ3v) is 4.85. The van der Waals surface area contributed by atoms with E-state index in [1.165, 1.54) is 16.0 Å². The highest BCUT2D eigenvalue weighted by Crippen LogP contribution is 2.41. The number of hydrogen-bond acceptors (Lipinski definition) is 2. The molecule has 1 aliphatic heterocycles. The highest BCUT2D eigenvalue weighted by atomic mass is 32.2. The van der Waals surface area contributed by atoms with E-state index in [1.54, 1.807) is 11.8 Å². The Labute approximate surface area is 118 Å². The molecule has 0 aromatic heterocycles. The maximum absolute atomic E-state index is 12.7. The first-order valence-electron chi connectivity index (χ1n) is 6.50. The third-order valence-electron chi connectivity index (χ3n) is 3.66. The van der Waals surface area contributed by atoms with Crippen molar-refractivity contribution in [3.8, 4) is 0 Å². The van der Waals surface area contributed by atoms with Crippen LogP contribution < -0.4 is 0 Å². The van der Waals surface area contributed by atoms with Crippen LogP contribution in [0.4, 0.5) is 0 Å². The van der Waals surface area contributed by atoms with Gasteiger partial charge in [0.2, 0.25) is 0 Å². The van der Waals surface area contributed by atoms with Gasteiger partial charge in [-0.25, -0.2) is 0 Å². The second-order valence-corrected chi connectivity index (χ2v) is 6.15. The molecule has 0 amide bonds. The van der Waals surface area contributed by atoms with E-state index in [9.17, 15) is 4.79 Å². The number of carbonyl (C=O) groups excluding carboxylic acids is 1. The Morgan fingerprint density at radius 3 is 2.74 bits per heavy atom. The normalized spacial score (nSPS) is 17.3. The SMILES string of the molecule is Cc1ccc(C(=O)C2CSc3ccccc32)c(C)c1. The number of carbonyl (C=O) groups is 1. The van der Waals surface area contributed by atoms with Gasteiger partial charge in [0.15, 0.2) is 5.78 Å². The Morgan fingerprint density at radius 2 is 1.95 bits per heavy atom. The van der Waals surface area contributed by atoms with Crippen molar-refractivity contribution < 1.29 is 4.79 Å². The maximum Gasteiger partial charge on any atom is 0.171 e. The molecule has 1 heterocycles. The molecule has 1 atom stereocenters. The summed E-state index contributed by atoms with van der Waals surface area (Å²) in [4.78, 5) is 14.0. The zero-order valence-electron chi connectivity index (χ0n) is 11.1. The summed E-state index contributed by atoms with van der Waals surface area (Å²) in [6.07, 6.45) is 0. The molecule has 1 nitrogen and oxygen atoms in total. The molecular weight excluding hydrogens is 252 g/mol. The van der Waals surface area contributed by atoms with Crippen molar-refractivity contribution in [1.82, 2.24) is 0 Å². The minimum absolute atomic E-state index is 0.0163. The summed E-state index contributed by atoms with van der Waals surface area (Å²) in [7, 11) is 0. The highest BCUT2D eigenvalue weighted by Gasteiger charge is 2.30. The van der Waals surface area contributed by atoms with Crippen LogP contribution in [-0.2, 0) is 0 Å². The van der Waals surface area contributed by atoms with Crippen LogP contribution in [0.5, 0.6) is 0 Å². The number of benzene rings is 2. The van der Waals surface area contributed by atoms with Gasteiger partial charge < -0.3 is 0 Å². The number of thioether (sulfide) groups is 1. The summed E-state index contributed by atoms with van der Waals surface area (Å²) in [6.45, 7) is 4.08. The van der Waals surface area contributed by atoms with Gasteiger partial charge in [-0.15, -0.1) is 11.8 Å². The summed E-state index contributed by atoms with van der Waals surface area (Å²) in [6, 6.07) is 14.3. The number of aryl methyl sites for hydroxylation is 2. The highest BCUT2D eigenvalue weighted by molar-refractivity contribution is 7.99. The van der Waals surface area contributed by atoms with Gasteiger partial charge in [-0.05, 0) is 31.0 Å². The lowest BCUT2D eigenvalue weighted by Crippen LogP contribution is -2.13. The van der Waals surface area contributed by atoms with E-state index in [1.807, 2.05) is 31.2 Å². The van der Waals surface area contributed by atoms with Gasteiger partial charge in [-0.1, -0.05) is 42.0 Å². The Bertz CT molecular complexity index is 645. The largest absolute Gasteiger partial charge is 0.293 e. The molecule has 2 aromatic carbocycles. The first kappa shape index (κ1) is 12.5. The van der Waals surface area contributed by atoms with Gasteiger partial charge in [0, 0.05) is 16.2 Å². The monoisotopic (exact) mass is 268 g/mol. The molecule has 96 valence electrons. The zero-order valence-corrected chi connectivity index (χ0v) is 12.0. The lowest BCUT2D eigenvalue weighted by atomic mass is 9.90. The fraction of sp³-hybridized carbons (Fsp3) is 0.235. The second-order valence-electron chi connectivity index (χ2n) is 5.08. The van der Waals surface area contributed by atoms with Gasteiger partial charge in [-0.2, -0.15) is 0 Å². The zero-order chi connectivity index (χ0) is 13.4. The van der Waals surface area contributed by atoms with Crippen molar-refractivity contribution >= 4 is 17.5 Å². The smallest absolute Gasteiger partial charge is 0.171 e. The molecular formula is C17H16OS. The Hall–Kier alpha value is -1.54. The molecule has 0 N–H and O–H groups in total. The fourth-order valence-corrected chi connectivity index (χ4v) is 3.89. The van der Waals surface area contributed by atoms with Crippen molar-refractivity contribution in [3.63, 3.8) is 0 Å². The van der Waals surface area contributed by atoms with E-state index in [4.69, 9.17) is 0 Å². The first-order chi connectivity index (χ1) is 9.16. The van der Waals surface area contributed by atoms with Crippen LogP contribution in [0.2, 0.25) is 0 Å². The van der Waals surface area contributed by atoms with Crippen LogP contribution in [0.25, 0.3) is 0 Å². The van der Waals surface area contributed by atoms with Crippen LogP contribution in [-0.4, -0.2) is 11.5 Å². The molecule has 1 unspecified atom stereocenters. The molecule has 0 saturated heterocycles. The van der Waals surface area contributed by atoms with E-state index >= 15 is 0 Å². The van der Waals surface area contributed by atoms with Gasteiger partial charge in [0.1, 0.15) is 0 Å². The predicted octanol–water partition coefficient (Wildman–Crippen LogP) is 4.38. The van der Waals surface area contributed by atoms with Gasteiger partial charge >= 0.3 is 0 Å². The molecule has 3 rings (SSSR count). The molecule has 2 heteroatoms. The third kappa shape index (κ3) is 2.21. The number of rotatable bonds is 2. The molecule has 0 radical (unpaired) electrons. The first-order valence-corrected chi connectivity index (χ1v) is 7.48. The quantitative estimate of drug-likeness (QED) is 0.752. The van der Waals surface area contributed by atoms with Crippen molar-refractivity contribution in [2.75, 3.05) is 5.75 Å². The minimum Gasteiger partial charge on any atom is -0.293 e. The van der Waals surface area contributed by atoms with E-state index in [-0.39, 0.29) is 11.7 Å². The average molecular weight is 268 g/mol. The predicted molar refractivity (Wildman–Crippen MR) is 80.2 cm³/mol. The summed E-state index contributed by atoms with van der Waals surface area (Å²) in [5.74, 6) is 1.14. The Morgan fingerprint density at radius 1 is 1.16 bits per heavy atom. The summed E-state index contributed by atoms with van der Waals surface area (Å²) < 4.78 is 0. The van der Waals surface area contributed by atoms with Gasteiger partial charge in [0.25, 0.3) is 0 Å².